The maximum absolute atomic E-state index is 11.5. The molecule has 0 N–H and O–H groups in total. The Morgan fingerprint density at radius 1 is 0.870 bits per heavy atom. The number of ether oxygens (including phenoxy) is 4. The van der Waals surface area contributed by atoms with Gasteiger partial charge in [0.25, 0.3) is 11.8 Å². The summed E-state index contributed by atoms with van der Waals surface area (Å²) in [5.74, 6) is -0.512. The monoisotopic (exact) mass is 329 g/mol. The van der Waals surface area contributed by atoms with Gasteiger partial charge in [-0.2, -0.15) is 0 Å². The Morgan fingerprint density at radius 2 is 1.39 bits per heavy atom. The molecule has 1 aliphatic heterocycles. The van der Waals surface area contributed by atoms with Crippen molar-refractivity contribution in [3.8, 4) is 0 Å². The van der Waals surface area contributed by atoms with Gasteiger partial charge in [-0.05, 0) is 19.3 Å². The van der Waals surface area contributed by atoms with Crippen LogP contribution in [-0.4, -0.2) is 70.2 Å². The van der Waals surface area contributed by atoms with Crippen molar-refractivity contribution >= 4 is 11.8 Å². The van der Waals surface area contributed by atoms with Crippen molar-refractivity contribution in [2.45, 2.75) is 32.0 Å². The highest BCUT2D eigenvalue weighted by Crippen LogP contribution is 2.10. The third-order valence-corrected chi connectivity index (χ3v) is 3.32. The van der Waals surface area contributed by atoms with E-state index in [1.807, 2.05) is 0 Å². The van der Waals surface area contributed by atoms with Crippen LogP contribution >= 0.6 is 0 Å². The molecule has 2 amide bonds. The molecule has 0 aromatic rings. The number of nitrogens with zero attached hydrogens (tertiary/aromatic N) is 1. The highest BCUT2D eigenvalue weighted by molar-refractivity contribution is 6.12. The van der Waals surface area contributed by atoms with Crippen molar-refractivity contribution in [3.63, 3.8) is 0 Å². The minimum absolute atomic E-state index is 0.256. The average molecular weight is 329 g/mol. The SMILES string of the molecule is COCCCOC(CCCN1C(=O)C=CC1=O)OCCCOC. The van der Waals surface area contributed by atoms with E-state index in [1.165, 1.54) is 17.1 Å². The fraction of sp³-hybridized carbons (Fsp3) is 0.750. The van der Waals surface area contributed by atoms with Crippen LogP contribution in [0.3, 0.4) is 0 Å². The molecule has 0 spiro atoms. The summed E-state index contributed by atoms with van der Waals surface area (Å²) in [6, 6.07) is 0. The maximum atomic E-state index is 11.5. The number of amides is 2. The molecule has 1 rings (SSSR count). The normalized spacial score (nSPS) is 14.5. The Morgan fingerprint density at radius 3 is 1.87 bits per heavy atom. The van der Waals surface area contributed by atoms with E-state index >= 15 is 0 Å². The quantitative estimate of drug-likeness (QED) is 0.270. The number of imide groups is 1. The van der Waals surface area contributed by atoms with Gasteiger partial charge in [-0.25, -0.2) is 0 Å². The number of carbonyl (C=O) groups is 2. The summed E-state index contributed by atoms with van der Waals surface area (Å²) in [4.78, 5) is 24.2. The van der Waals surface area contributed by atoms with E-state index in [-0.39, 0.29) is 18.1 Å². The molecule has 0 aliphatic carbocycles. The first-order valence-corrected chi connectivity index (χ1v) is 7.93. The van der Waals surface area contributed by atoms with Crippen molar-refractivity contribution < 1.29 is 28.5 Å². The number of methoxy groups -OCH3 is 2. The molecule has 7 nitrogen and oxygen atoms in total. The predicted molar refractivity (Wildman–Crippen MR) is 83.8 cm³/mol. The van der Waals surface area contributed by atoms with Crippen LogP contribution in [0.5, 0.6) is 0 Å². The van der Waals surface area contributed by atoms with Gasteiger partial charge in [0.2, 0.25) is 0 Å². The number of hydrogen-bond donors (Lipinski definition) is 0. The molecular formula is C16H27NO6. The van der Waals surface area contributed by atoms with Crippen LogP contribution in [0.25, 0.3) is 0 Å². The van der Waals surface area contributed by atoms with Crippen LogP contribution in [0.2, 0.25) is 0 Å². The smallest absolute Gasteiger partial charge is 0.253 e. The van der Waals surface area contributed by atoms with Gasteiger partial charge in [-0.3, -0.25) is 14.5 Å². The standard InChI is InChI=1S/C16H27NO6/c1-20-10-4-12-22-16(23-13-5-11-21-2)6-3-9-17-14(18)7-8-15(17)19/h7-8,16H,3-6,9-13H2,1-2H3. The van der Waals surface area contributed by atoms with Gasteiger partial charge in [0, 0.05) is 52.6 Å². The Labute approximate surface area is 137 Å². The average Bonchev–Trinajstić information content (AvgIpc) is 2.86. The van der Waals surface area contributed by atoms with Crippen LogP contribution in [0.4, 0.5) is 0 Å². The Bertz CT molecular complexity index is 355. The van der Waals surface area contributed by atoms with Gasteiger partial charge in [0.05, 0.1) is 13.2 Å². The van der Waals surface area contributed by atoms with E-state index in [2.05, 4.69) is 0 Å². The minimum Gasteiger partial charge on any atom is -0.385 e. The van der Waals surface area contributed by atoms with Crippen LogP contribution < -0.4 is 0 Å². The van der Waals surface area contributed by atoms with Gasteiger partial charge < -0.3 is 18.9 Å². The molecule has 0 saturated heterocycles. The lowest BCUT2D eigenvalue weighted by Crippen LogP contribution is -2.31. The Balaban J connectivity index is 2.26. The zero-order chi connectivity index (χ0) is 16.9. The fourth-order valence-electron chi connectivity index (χ4n) is 2.12. The first-order chi connectivity index (χ1) is 11.2. The van der Waals surface area contributed by atoms with Crippen LogP contribution in [0.15, 0.2) is 12.2 Å². The second kappa shape index (κ2) is 12.2. The summed E-state index contributed by atoms with van der Waals surface area (Å²) in [6.45, 7) is 2.75. The zero-order valence-corrected chi connectivity index (χ0v) is 14.0. The summed E-state index contributed by atoms with van der Waals surface area (Å²) in [5.41, 5.74) is 0. The van der Waals surface area contributed by atoms with Crippen LogP contribution in [0.1, 0.15) is 25.7 Å². The Kier molecular flexibility index (Phi) is 10.5. The summed E-state index contributed by atoms with van der Waals surface area (Å²) < 4.78 is 21.4. The van der Waals surface area contributed by atoms with E-state index in [4.69, 9.17) is 18.9 Å². The van der Waals surface area contributed by atoms with Crippen LogP contribution in [0, 0.1) is 0 Å². The first-order valence-electron chi connectivity index (χ1n) is 7.93. The van der Waals surface area contributed by atoms with Gasteiger partial charge in [-0.15, -0.1) is 0 Å². The molecule has 132 valence electrons. The lowest BCUT2D eigenvalue weighted by Gasteiger charge is -2.20. The lowest BCUT2D eigenvalue weighted by molar-refractivity contribution is -0.152. The molecule has 0 saturated carbocycles. The molecule has 0 atom stereocenters. The number of rotatable bonds is 14. The molecule has 1 aliphatic rings. The molecule has 23 heavy (non-hydrogen) atoms. The van der Waals surface area contributed by atoms with Crippen molar-refractivity contribution in [2.75, 3.05) is 47.2 Å². The summed E-state index contributed by atoms with van der Waals surface area (Å²) in [6.07, 6.45) is 5.09. The topological polar surface area (TPSA) is 74.3 Å². The molecule has 0 aromatic carbocycles. The summed E-state index contributed by atoms with van der Waals surface area (Å²) >= 11 is 0. The molecule has 0 unspecified atom stereocenters. The zero-order valence-electron chi connectivity index (χ0n) is 14.0. The number of carbonyl (C=O) groups excluding carboxylic acids is 2. The molecule has 0 bridgehead atoms. The second-order valence-corrected chi connectivity index (χ2v) is 5.17. The molecular weight excluding hydrogens is 302 g/mol. The molecule has 0 radical (unpaired) electrons. The maximum Gasteiger partial charge on any atom is 0.253 e. The van der Waals surface area contributed by atoms with Gasteiger partial charge in [0.1, 0.15) is 0 Å². The summed E-state index contributed by atoms with van der Waals surface area (Å²) in [5, 5.41) is 0. The fourth-order valence-corrected chi connectivity index (χ4v) is 2.12. The molecule has 1 heterocycles. The second-order valence-electron chi connectivity index (χ2n) is 5.17. The van der Waals surface area contributed by atoms with Gasteiger partial charge >= 0.3 is 0 Å². The van der Waals surface area contributed by atoms with E-state index in [1.54, 1.807) is 14.2 Å². The third-order valence-electron chi connectivity index (χ3n) is 3.32. The third kappa shape index (κ3) is 8.22. The van der Waals surface area contributed by atoms with Crippen molar-refractivity contribution in [1.29, 1.82) is 0 Å². The van der Waals surface area contributed by atoms with Crippen LogP contribution in [-0.2, 0) is 28.5 Å². The van der Waals surface area contributed by atoms with Crippen molar-refractivity contribution in [3.05, 3.63) is 12.2 Å². The minimum atomic E-state index is -0.343. The van der Waals surface area contributed by atoms with E-state index < -0.39 is 0 Å². The highest BCUT2D eigenvalue weighted by Gasteiger charge is 2.23. The first kappa shape index (κ1) is 19.8. The summed E-state index contributed by atoms with van der Waals surface area (Å²) in [7, 11) is 3.30. The van der Waals surface area contributed by atoms with Gasteiger partial charge in [0.15, 0.2) is 6.29 Å². The van der Waals surface area contributed by atoms with Crippen molar-refractivity contribution in [1.82, 2.24) is 4.90 Å². The Hall–Kier alpha value is -1.28. The highest BCUT2D eigenvalue weighted by atomic mass is 16.7. The molecule has 0 fully saturated rings. The predicted octanol–water partition coefficient (Wildman–Crippen LogP) is 1.12. The number of hydrogen-bond acceptors (Lipinski definition) is 6. The lowest BCUT2D eigenvalue weighted by atomic mass is 10.3. The van der Waals surface area contributed by atoms with E-state index in [9.17, 15) is 9.59 Å². The largest absolute Gasteiger partial charge is 0.385 e. The molecule has 7 heteroatoms. The van der Waals surface area contributed by atoms with E-state index in [0.29, 0.717) is 45.8 Å². The van der Waals surface area contributed by atoms with E-state index in [0.717, 1.165) is 12.8 Å². The molecule has 0 aromatic heterocycles. The van der Waals surface area contributed by atoms with Gasteiger partial charge in [-0.1, -0.05) is 0 Å². The van der Waals surface area contributed by atoms with Crippen molar-refractivity contribution in [2.24, 2.45) is 0 Å².